The van der Waals surface area contributed by atoms with Gasteiger partial charge in [0.15, 0.2) is 0 Å². The normalized spacial score (nSPS) is 12.7. The molecule has 0 saturated carbocycles. The molecule has 0 bridgehead atoms. The third kappa shape index (κ3) is 2.67. The lowest BCUT2D eigenvalue weighted by atomic mass is 10.1. The first-order chi connectivity index (χ1) is 9.34. The maximum atomic E-state index is 4.17. The van der Waals surface area contributed by atoms with Gasteiger partial charge in [0, 0.05) is 35.2 Å². The van der Waals surface area contributed by atoms with E-state index in [0.29, 0.717) is 6.04 Å². The molecule has 2 nitrogen and oxygen atoms in total. The minimum atomic E-state index is 0.386. The van der Waals surface area contributed by atoms with Crippen molar-refractivity contribution in [3.05, 3.63) is 64.6 Å². The fraction of sp³-hybridized carbons (Fsp3) is 0.188. The van der Waals surface area contributed by atoms with Crippen LogP contribution in [0.25, 0.3) is 10.8 Å². The Balaban J connectivity index is 1.79. The summed E-state index contributed by atoms with van der Waals surface area (Å²) >= 11 is 1.80. The molecule has 0 aliphatic rings. The average molecular weight is 268 g/mol. The lowest BCUT2D eigenvalue weighted by molar-refractivity contribution is 0.585. The lowest BCUT2D eigenvalue weighted by Gasteiger charge is -2.13. The molecule has 0 aliphatic carbocycles. The minimum absolute atomic E-state index is 0.386. The van der Waals surface area contributed by atoms with Crippen LogP contribution in [0.1, 0.15) is 23.4 Å². The number of fused-ring (bicyclic) bond motifs is 1. The summed E-state index contributed by atoms with van der Waals surface area (Å²) in [4.78, 5) is 5.55. The number of benzene rings is 1. The first-order valence-corrected chi connectivity index (χ1v) is 7.31. The van der Waals surface area contributed by atoms with Gasteiger partial charge in [-0.15, -0.1) is 11.3 Å². The van der Waals surface area contributed by atoms with Crippen LogP contribution in [0.5, 0.6) is 0 Å². The number of nitrogens with one attached hydrogen (secondary N) is 1. The number of thiophene rings is 1. The van der Waals surface area contributed by atoms with Crippen LogP contribution in [0.3, 0.4) is 0 Å². The quantitative estimate of drug-likeness (QED) is 0.769. The van der Waals surface area contributed by atoms with Crippen LogP contribution in [0, 0.1) is 0 Å². The third-order valence-electron chi connectivity index (χ3n) is 3.34. The molecule has 0 spiro atoms. The summed E-state index contributed by atoms with van der Waals surface area (Å²) < 4.78 is 0. The van der Waals surface area contributed by atoms with E-state index in [1.165, 1.54) is 21.2 Å². The van der Waals surface area contributed by atoms with Gasteiger partial charge in [0.1, 0.15) is 0 Å². The molecule has 3 heteroatoms. The molecule has 0 radical (unpaired) electrons. The van der Waals surface area contributed by atoms with Gasteiger partial charge in [0.25, 0.3) is 0 Å². The molecule has 0 amide bonds. The van der Waals surface area contributed by atoms with Gasteiger partial charge < -0.3 is 5.32 Å². The van der Waals surface area contributed by atoms with Crippen LogP contribution >= 0.6 is 11.3 Å². The Morgan fingerprint density at radius 1 is 1.21 bits per heavy atom. The molecular weight excluding hydrogens is 252 g/mol. The Morgan fingerprint density at radius 2 is 2.16 bits per heavy atom. The van der Waals surface area contributed by atoms with E-state index in [2.05, 4.69) is 59.0 Å². The zero-order valence-electron chi connectivity index (χ0n) is 10.8. The van der Waals surface area contributed by atoms with E-state index in [9.17, 15) is 0 Å². The second-order valence-electron chi connectivity index (χ2n) is 4.63. The zero-order chi connectivity index (χ0) is 13.1. The smallest absolute Gasteiger partial charge is 0.0388 e. The van der Waals surface area contributed by atoms with Crippen molar-refractivity contribution in [2.24, 2.45) is 0 Å². The van der Waals surface area contributed by atoms with Crippen molar-refractivity contribution >= 4 is 22.1 Å². The molecule has 96 valence electrons. The van der Waals surface area contributed by atoms with E-state index in [4.69, 9.17) is 0 Å². The molecule has 1 atom stereocenters. The molecule has 0 aliphatic heterocycles. The highest BCUT2D eigenvalue weighted by atomic mass is 32.1. The molecule has 1 N–H and O–H groups in total. The third-order valence-corrected chi connectivity index (χ3v) is 4.39. The molecule has 0 unspecified atom stereocenters. The first kappa shape index (κ1) is 12.3. The van der Waals surface area contributed by atoms with E-state index < -0.39 is 0 Å². The molecule has 1 aromatic carbocycles. The standard InChI is InChI=1S/C16H16N2S/c1-12(16-6-3-9-19-16)18-11-14-5-2-4-13-10-17-8-7-15(13)14/h2-10,12,18H,11H2,1H3/t12-/m1/s1. The van der Waals surface area contributed by atoms with Crippen LogP contribution in [0.4, 0.5) is 0 Å². The number of aromatic nitrogens is 1. The summed E-state index contributed by atoms with van der Waals surface area (Å²) in [5.41, 5.74) is 1.32. The lowest BCUT2D eigenvalue weighted by Crippen LogP contribution is -2.17. The van der Waals surface area contributed by atoms with E-state index in [0.717, 1.165) is 6.54 Å². The summed E-state index contributed by atoms with van der Waals surface area (Å²) in [6, 6.07) is 13.1. The topological polar surface area (TPSA) is 24.9 Å². The Hall–Kier alpha value is -1.71. The number of nitrogens with zero attached hydrogens (tertiary/aromatic N) is 1. The van der Waals surface area contributed by atoms with E-state index >= 15 is 0 Å². The van der Waals surface area contributed by atoms with Gasteiger partial charge in [0.05, 0.1) is 0 Å². The Bertz CT molecular complexity index is 656. The fourth-order valence-corrected chi connectivity index (χ4v) is 3.00. The Kier molecular flexibility index (Phi) is 3.58. The van der Waals surface area contributed by atoms with Crippen molar-refractivity contribution < 1.29 is 0 Å². The predicted molar refractivity (Wildman–Crippen MR) is 81.3 cm³/mol. The van der Waals surface area contributed by atoms with Crippen molar-refractivity contribution in [3.63, 3.8) is 0 Å². The van der Waals surface area contributed by atoms with Crippen molar-refractivity contribution in [2.45, 2.75) is 19.5 Å². The second kappa shape index (κ2) is 5.51. The Morgan fingerprint density at radius 3 is 3.00 bits per heavy atom. The van der Waals surface area contributed by atoms with Gasteiger partial charge in [-0.2, -0.15) is 0 Å². The Labute approximate surface area is 117 Å². The van der Waals surface area contributed by atoms with Crippen LogP contribution in [0.15, 0.2) is 54.2 Å². The molecular formula is C16H16N2S. The maximum absolute atomic E-state index is 4.17. The average Bonchev–Trinajstić information content (AvgIpc) is 2.99. The number of rotatable bonds is 4. The van der Waals surface area contributed by atoms with Crippen LogP contribution < -0.4 is 5.32 Å². The number of hydrogen-bond donors (Lipinski definition) is 1. The number of pyridine rings is 1. The summed E-state index contributed by atoms with van der Waals surface area (Å²) in [6.07, 6.45) is 3.77. The maximum Gasteiger partial charge on any atom is 0.0388 e. The SMILES string of the molecule is C[C@@H](NCc1cccc2cnccc12)c1cccs1. The van der Waals surface area contributed by atoms with Crippen molar-refractivity contribution in [2.75, 3.05) is 0 Å². The van der Waals surface area contributed by atoms with E-state index in [-0.39, 0.29) is 0 Å². The minimum Gasteiger partial charge on any atom is -0.305 e. The van der Waals surface area contributed by atoms with Crippen molar-refractivity contribution in [3.8, 4) is 0 Å². The highest BCUT2D eigenvalue weighted by molar-refractivity contribution is 7.10. The zero-order valence-corrected chi connectivity index (χ0v) is 11.7. The van der Waals surface area contributed by atoms with Gasteiger partial charge in [-0.1, -0.05) is 24.3 Å². The molecule has 0 fully saturated rings. The summed E-state index contributed by atoms with van der Waals surface area (Å²) in [5.74, 6) is 0. The van der Waals surface area contributed by atoms with E-state index in [1.54, 1.807) is 11.3 Å². The van der Waals surface area contributed by atoms with Crippen LogP contribution in [0.2, 0.25) is 0 Å². The summed E-state index contributed by atoms with van der Waals surface area (Å²) in [7, 11) is 0. The molecule has 0 saturated heterocycles. The van der Waals surface area contributed by atoms with Crippen LogP contribution in [-0.2, 0) is 6.54 Å². The van der Waals surface area contributed by atoms with Gasteiger partial charge in [0.2, 0.25) is 0 Å². The molecule has 2 heterocycles. The van der Waals surface area contributed by atoms with E-state index in [1.807, 2.05) is 12.4 Å². The molecule has 3 aromatic rings. The predicted octanol–water partition coefficient (Wildman–Crippen LogP) is 4.15. The highest BCUT2D eigenvalue weighted by Gasteiger charge is 2.06. The monoisotopic (exact) mass is 268 g/mol. The van der Waals surface area contributed by atoms with Gasteiger partial charge in [-0.05, 0) is 35.4 Å². The van der Waals surface area contributed by atoms with Crippen molar-refractivity contribution in [1.82, 2.24) is 10.3 Å². The summed E-state index contributed by atoms with van der Waals surface area (Å²) in [6.45, 7) is 3.08. The van der Waals surface area contributed by atoms with Crippen LogP contribution in [-0.4, -0.2) is 4.98 Å². The molecule has 3 rings (SSSR count). The largest absolute Gasteiger partial charge is 0.305 e. The first-order valence-electron chi connectivity index (χ1n) is 6.43. The van der Waals surface area contributed by atoms with Gasteiger partial charge in [-0.25, -0.2) is 0 Å². The van der Waals surface area contributed by atoms with Gasteiger partial charge in [-0.3, -0.25) is 4.98 Å². The summed E-state index contributed by atoms with van der Waals surface area (Å²) in [5, 5.41) is 8.19. The number of hydrogen-bond acceptors (Lipinski definition) is 3. The van der Waals surface area contributed by atoms with Crippen molar-refractivity contribution in [1.29, 1.82) is 0 Å². The van der Waals surface area contributed by atoms with Gasteiger partial charge >= 0.3 is 0 Å². The second-order valence-corrected chi connectivity index (χ2v) is 5.61. The highest BCUT2D eigenvalue weighted by Crippen LogP contribution is 2.21. The molecule has 19 heavy (non-hydrogen) atoms. The molecule has 2 aromatic heterocycles. The fourth-order valence-electron chi connectivity index (χ4n) is 2.25.